The first-order chi connectivity index (χ1) is 12.6. The molecule has 134 valence electrons. The molecule has 1 aliphatic rings. The molecule has 1 N–H and O–H groups in total. The van der Waals surface area contributed by atoms with Crippen LogP contribution in [0.2, 0.25) is 0 Å². The van der Waals surface area contributed by atoms with Gasteiger partial charge in [0.2, 0.25) is 0 Å². The standard InChI is InChI=1S/C20H20N2O3S/c21-14-20(9-3-4-10-20)22-18(23)12-25-19(24)13-26-17-8-7-15-5-1-2-6-16(15)11-17/h1-2,5-8,11H,3-4,9-10,12-13H2,(H,22,23). The van der Waals surface area contributed by atoms with Gasteiger partial charge in [-0.25, -0.2) is 0 Å². The van der Waals surface area contributed by atoms with Crippen LogP contribution in [-0.4, -0.2) is 29.8 Å². The smallest absolute Gasteiger partial charge is 0.316 e. The van der Waals surface area contributed by atoms with Crippen LogP contribution in [0.4, 0.5) is 0 Å². The van der Waals surface area contributed by atoms with Crippen LogP contribution in [0, 0.1) is 11.3 Å². The summed E-state index contributed by atoms with van der Waals surface area (Å²) in [7, 11) is 0. The highest BCUT2D eigenvalue weighted by atomic mass is 32.2. The summed E-state index contributed by atoms with van der Waals surface area (Å²) in [6.07, 6.45) is 3.16. The van der Waals surface area contributed by atoms with E-state index in [1.54, 1.807) is 0 Å². The predicted molar refractivity (Wildman–Crippen MR) is 101 cm³/mol. The van der Waals surface area contributed by atoms with Crippen molar-refractivity contribution in [2.45, 2.75) is 36.1 Å². The van der Waals surface area contributed by atoms with Crippen molar-refractivity contribution in [3.63, 3.8) is 0 Å². The van der Waals surface area contributed by atoms with Crippen LogP contribution in [0.15, 0.2) is 47.4 Å². The summed E-state index contributed by atoms with van der Waals surface area (Å²) in [6.45, 7) is -0.347. The second-order valence-corrected chi connectivity index (χ2v) is 7.46. The molecule has 1 fully saturated rings. The summed E-state index contributed by atoms with van der Waals surface area (Å²) in [5, 5.41) is 14.2. The lowest BCUT2D eigenvalue weighted by Gasteiger charge is -2.21. The van der Waals surface area contributed by atoms with Crippen molar-refractivity contribution in [3.05, 3.63) is 42.5 Å². The predicted octanol–water partition coefficient (Wildman–Crippen LogP) is 3.43. The van der Waals surface area contributed by atoms with Crippen molar-refractivity contribution >= 4 is 34.4 Å². The minimum absolute atomic E-state index is 0.134. The van der Waals surface area contributed by atoms with E-state index in [9.17, 15) is 14.9 Å². The van der Waals surface area contributed by atoms with Crippen molar-refractivity contribution in [2.24, 2.45) is 0 Å². The summed E-state index contributed by atoms with van der Waals surface area (Å²) in [5.74, 6) is -0.733. The first-order valence-corrected chi connectivity index (χ1v) is 9.58. The molecule has 0 aromatic heterocycles. The van der Waals surface area contributed by atoms with Crippen molar-refractivity contribution in [3.8, 4) is 6.07 Å². The molecule has 0 spiro atoms. The molecule has 5 nitrogen and oxygen atoms in total. The molecule has 1 amide bonds. The van der Waals surface area contributed by atoms with Gasteiger partial charge in [0, 0.05) is 4.90 Å². The van der Waals surface area contributed by atoms with E-state index < -0.39 is 17.4 Å². The number of benzene rings is 2. The average Bonchev–Trinajstić information content (AvgIpc) is 3.13. The molecule has 1 aliphatic carbocycles. The van der Waals surface area contributed by atoms with E-state index in [4.69, 9.17) is 4.74 Å². The maximum absolute atomic E-state index is 11.9. The molecule has 0 aliphatic heterocycles. The van der Waals surface area contributed by atoms with Crippen LogP contribution in [0.3, 0.4) is 0 Å². The van der Waals surface area contributed by atoms with Gasteiger partial charge in [-0.3, -0.25) is 9.59 Å². The van der Waals surface area contributed by atoms with Gasteiger partial charge >= 0.3 is 5.97 Å². The minimum atomic E-state index is -0.788. The van der Waals surface area contributed by atoms with Crippen LogP contribution in [0.5, 0.6) is 0 Å². The lowest BCUT2D eigenvalue weighted by molar-refractivity contribution is -0.146. The van der Waals surface area contributed by atoms with E-state index in [1.165, 1.54) is 11.8 Å². The topological polar surface area (TPSA) is 79.2 Å². The number of ether oxygens (including phenoxy) is 1. The second-order valence-electron chi connectivity index (χ2n) is 6.41. The van der Waals surface area contributed by atoms with Gasteiger partial charge in [0.1, 0.15) is 5.54 Å². The zero-order valence-corrected chi connectivity index (χ0v) is 15.2. The van der Waals surface area contributed by atoms with E-state index in [2.05, 4.69) is 11.4 Å². The number of fused-ring (bicyclic) bond motifs is 1. The van der Waals surface area contributed by atoms with Crippen molar-refractivity contribution in [2.75, 3.05) is 12.4 Å². The Kier molecular flexibility index (Phi) is 5.79. The zero-order valence-electron chi connectivity index (χ0n) is 14.4. The average molecular weight is 368 g/mol. The summed E-state index contributed by atoms with van der Waals surface area (Å²) < 4.78 is 5.03. The van der Waals surface area contributed by atoms with Crippen LogP contribution in [-0.2, 0) is 14.3 Å². The third-order valence-corrected chi connectivity index (χ3v) is 5.46. The molecule has 1 saturated carbocycles. The fourth-order valence-electron chi connectivity index (χ4n) is 3.13. The molecule has 0 unspecified atom stereocenters. The summed E-state index contributed by atoms with van der Waals surface area (Å²) in [4.78, 5) is 24.8. The van der Waals surface area contributed by atoms with Crippen LogP contribution in [0.1, 0.15) is 25.7 Å². The fraction of sp³-hybridized carbons (Fsp3) is 0.350. The number of nitrogens with one attached hydrogen (secondary N) is 1. The Labute approximate surface area is 156 Å². The van der Waals surface area contributed by atoms with E-state index in [0.29, 0.717) is 12.8 Å². The molecule has 2 aromatic rings. The quantitative estimate of drug-likeness (QED) is 0.624. The number of nitriles is 1. The summed E-state index contributed by atoms with van der Waals surface area (Å²) in [6, 6.07) is 16.2. The maximum atomic E-state index is 11.9. The highest BCUT2D eigenvalue weighted by Crippen LogP contribution is 2.28. The summed E-state index contributed by atoms with van der Waals surface area (Å²) >= 11 is 1.37. The number of carbonyl (C=O) groups excluding carboxylic acids is 2. The molecule has 3 rings (SSSR count). The molecular weight excluding hydrogens is 348 g/mol. The summed E-state index contributed by atoms with van der Waals surface area (Å²) in [5.41, 5.74) is -0.788. The highest BCUT2D eigenvalue weighted by molar-refractivity contribution is 8.00. The van der Waals surface area contributed by atoms with Gasteiger partial charge in [-0.05, 0) is 48.6 Å². The molecular formula is C20H20N2O3S. The highest BCUT2D eigenvalue weighted by Gasteiger charge is 2.35. The molecule has 0 saturated heterocycles. The van der Waals surface area contributed by atoms with Gasteiger partial charge in [-0.1, -0.05) is 30.3 Å². The van der Waals surface area contributed by atoms with Crippen molar-refractivity contribution < 1.29 is 14.3 Å². The number of nitrogens with zero attached hydrogens (tertiary/aromatic N) is 1. The fourth-order valence-corrected chi connectivity index (χ4v) is 3.88. The number of esters is 1. The molecule has 0 atom stereocenters. The zero-order chi connectivity index (χ0) is 18.4. The monoisotopic (exact) mass is 368 g/mol. The Bertz CT molecular complexity index is 854. The van der Waals surface area contributed by atoms with E-state index in [0.717, 1.165) is 28.5 Å². The largest absolute Gasteiger partial charge is 0.455 e. The van der Waals surface area contributed by atoms with Crippen LogP contribution >= 0.6 is 11.8 Å². The van der Waals surface area contributed by atoms with Crippen LogP contribution in [0.25, 0.3) is 10.8 Å². The molecule has 0 heterocycles. The lowest BCUT2D eigenvalue weighted by atomic mass is 10.00. The van der Waals surface area contributed by atoms with Gasteiger partial charge in [-0.2, -0.15) is 5.26 Å². The van der Waals surface area contributed by atoms with Gasteiger partial charge < -0.3 is 10.1 Å². The van der Waals surface area contributed by atoms with Gasteiger partial charge in [-0.15, -0.1) is 11.8 Å². The van der Waals surface area contributed by atoms with E-state index in [1.807, 2.05) is 42.5 Å². The Hall–Kier alpha value is -2.52. The maximum Gasteiger partial charge on any atom is 0.316 e. The molecule has 6 heteroatoms. The molecule has 2 aromatic carbocycles. The van der Waals surface area contributed by atoms with Crippen molar-refractivity contribution in [1.82, 2.24) is 5.32 Å². The third kappa shape index (κ3) is 4.55. The minimum Gasteiger partial charge on any atom is -0.455 e. The Balaban J connectivity index is 1.45. The number of amides is 1. The Morgan fingerprint density at radius 1 is 1.15 bits per heavy atom. The number of hydrogen-bond donors (Lipinski definition) is 1. The number of rotatable bonds is 6. The van der Waals surface area contributed by atoms with Crippen LogP contribution < -0.4 is 5.32 Å². The Morgan fingerprint density at radius 2 is 1.88 bits per heavy atom. The Morgan fingerprint density at radius 3 is 2.62 bits per heavy atom. The van der Waals surface area contributed by atoms with Gasteiger partial charge in [0.25, 0.3) is 5.91 Å². The molecule has 0 radical (unpaired) electrons. The van der Waals surface area contributed by atoms with E-state index >= 15 is 0 Å². The second kappa shape index (κ2) is 8.24. The molecule has 26 heavy (non-hydrogen) atoms. The normalized spacial score (nSPS) is 15.3. The van der Waals surface area contributed by atoms with Gasteiger partial charge in [0.15, 0.2) is 6.61 Å². The van der Waals surface area contributed by atoms with Crippen molar-refractivity contribution in [1.29, 1.82) is 5.26 Å². The number of hydrogen-bond acceptors (Lipinski definition) is 5. The van der Waals surface area contributed by atoms with Gasteiger partial charge in [0.05, 0.1) is 11.8 Å². The number of thioether (sulfide) groups is 1. The first-order valence-electron chi connectivity index (χ1n) is 8.60. The number of carbonyl (C=O) groups is 2. The first kappa shape index (κ1) is 18.3. The lowest BCUT2D eigenvalue weighted by Crippen LogP contribution is -2.46. The van der Waals surface area contributed by atoms with E-state index in [-0.39, 0.29) is 12.4 Å². The SMILES string of the molecule is N#CC1(NC(=O)COC(=O)CSc2ccc3ccccc3c2)CCCC1. The molecule has 0 bridgehead atoms. The third-order valence-electron chi connectivity index (χ3n) is 4.49.